The first-order valence-electron chi connectivity index (χ1n) is 13.5. The largest absolute Gasteiger partial charge is 0.487 e. The molecule has 0 spiro atoms. The summed E-state index contributed by atoms with van der Waals surface area (Å²) in [7, 11) is -3.80. The third kappa shape index (κ3) is 6.35. The second-order valence-electron chi connectivity index (χ2n) is 10.6. The number of amides is 1. The molecule has 204 valence electrons. The molecule has 0 saturated heterocycles. The lowest BCUT2D eigenvalue weighted by Gasteiger charge is -2.43. The summed E-state index contributed by atoms with van der Waals surface area (Å²) < 4.78 is 33.6. The maximum Gasteiger partial charge on any atom is 0.264 e. The molecule has 2 N–H and O–H groups in total. The predicted octanol–water partition coefficient (Wildman–Crippen LogP) is 4.86. The molecule has 7 nitrogen and oxygen atoms in total. The molecule has 1 aliphatic carbocycles. The molecule has 3 aliphatic rings. The van der Waals surface area contributed by atoms with Gasteiger partial charge in [0.05, 0.1) is 17.5 Å². The molecule has 2 bridgehead atoms. The number of aliphatic hydroxyl groups excluding tert-OH is 1. The van der Waals surface area contributed by atoms with Crippen molar-refractivity contribution in [1.29, 1.82) is 0 Å². The van der Waals surface area contributed by atoms with E-state index >= 15 is 0 Å². The number of aliphatic hydroxyl groups is 1. The molecule has 0 aromatic heterocycles. The van der Waals surface area contributed by atoms with Crippen molar-refractivity contribution < 1.29 is 23.1 Å². The first-order chi connectivity index (χ1) is 18.3. The Labute approximate surface area is 229 Å². The van der Waals surface area contributed by atoms with Gasteiger partial charge in [0, 0.05) is 23.7 Å². The molecule has 2 aliphatic heterocycles. The lowest BCUT2D eigenvalue weighted by molar-refractivity contribution is 0.0180. The van der Waals surface area contributed by atoms with Gasteiger partial charge in [0.15, 0.2) is 0 Å². The summed E-state index contributed by atoms with van der Waals surface area (Å²) >= 11 is 6.27. The Hall–Kier alpha value is -2.55. The van der Waals surface area contributed by atoms with Gasteiger partial charge in [-0.3, -0.25) is 4.79 Å². The van der Waals surface area contributed by atoms with Gasteiger partial charge in [0.25, 0.3) is 5.91 Å². The monoisotopic (exact) mass is 558 g/mol. The Bertz CT molecular complexity index is 1310. The van der Waals surface area contributed by atoms with E-state index in [0.717, 1.165) is 56.4 Å². The van der Waals surface area contributed by atoms with E-state index in [4.69, 9.17) is 16.3 Å². The number of anilines is 1. The fourth-order valence-electron chi connectivity index (χ4n) is 5.69. The number of carbonyl (C=O) groups excluding carboxylic acids is 1. The quantitative estimate of drug-likeness (QED) is 0.448. The van der Waals surface area contributed by atoms with Gasteiger partial charge in [-0.2, -0.15) is 0 Å². The number of fused-ring (bicyclic) bond motifs is 3. The van der Waals surface area contributed by atoms with Crippen molar-refractivity contribution in [2.24, 2.45) is 11.8 Å². The van der Waals surface area contributed by atoms with Crippen molar-refractivity contribution in [1.82, 2.24) is 4.72 Å². The van der Waals surface area contributed by atoms with Crippen molar-refractivity contribution in [3.05, 3.63) is 70.3 Å². The van der Waals surface area contributed by atoms with E-state index in [1.54, 1.807) is 24.3 Å². The summed E-state index contributed by atoms with van der Waals surface area (Å²) in [6, 6.07) is 11.0. The molecule has 2 aromatic rings. The normalized spacial score (nSPS) is 26.8. The third-order valence-electron chi connectivity index (χ3n) is 8.01. The summed E-state index contributed by atoms with van der Waals surface area (Å²) in [6.07, 6.45) is 8.76. The number of ether oxygens (including phenoxy) is 1. The van der Waals surface area contributed by atoms with Crippen molar-refractivity contribution in [3.63, 3.8) is 0 Å². The number of rotatable bonds is 0. The molecule has 0 unspecified atom stereocenters. The van der Waals surface area contributed by atoms with Gasteiger partial charge in [-0.05, 0) is 98.2 Å². The maximum absolute atomic E-state index is 13.0. The smallest absolute Gasteiger partial charge is 0.264 e. The minimum Gasteiger partial charge on any atom is -0.487 e. The Morgan fingerprint density at radius 2 is 1.92 bits per heavy atom. The topological polar surface area (TPSA) is 95.9 Å². The Kier molecular flexibility index (Phi) is 8.31. The molecule has 1 saturated carbocycles. The second-order valence-corrected chi connectivity index (χ2v) is 12.9. The standard InChI is InChI=1S/C29H35ClN2O5S/c30-24-11-8-23-19-37-28-13-10-21-17-26(28)32(14-4-3-6-20(23)16-24)18-22-9-12-25(22)27(33)7-2-1-5-15-38(35,36)31-29(21)34/h1-2,8,10-11,13,16-17,22,25,27,33H,3-7,9,12,14-15,18-19H2,(H,31,34)/b2-1+/t22-,25+,27+/m0/s1. The zero-order valence-electron chi connectivity index (χ0n) is 21.4. The number of benzene rings is 2. The summed E-state index contributed by atoms with van der Waals surface area (Å²) in [4.78, 5) is 15.3. The SMILES string of the molecule is O=C1NS(=O)(=O)CC/C=C/C[C@@H](O)[C@@H]2CC[C@H]2CN2CCCCc3cc(Cl)ccc3COc3ccc1cc32. The van der Waals surface area contributed by atoms with Crippen molar-refractivity contribution in [2.75, 3.05) is 23.7 Å². The molecule has 0 radical (unpaired) electrons. The summed E-state index contributed by atoms with van der Waals surface area (Å²) in [5, 5.41) is 11.6. The van der Waals surface area contributed by atoms with Crippen molar-refractivity contribution in [2.45, 2.75) is 57.7 Å². The fourth-order valence-corrected chi connectivity index (χ4v) is 6.84. The number of hydrogen-bond donors (Lipinski definition) is 2. The van der Waals surface area contributed by atoms with Crippen LogP contribution in [0.15, 0.2) is 48.6 Å². The highest BCUT2D eigenvalue weighted by atomic mass is 35.5. The molecule has 3 atom stereocenters. The van der Waals surface area contributed by atoms with E-state index in [-0.39, 0.29) is 23.7 Å². The van der Waals surface area contributed by atoms with E-state index in [1.165, 1.54) is 5.56 Å². The maximum atomic E-state index is 13.0. The molecule has 2 aromatic carbocycles. The molecule has 9 heteroatoms. The van der Waals surface area contributed by atoms with Gasteiger partial charge < -0.3 is 14.7 Å². The molecule has 5 rings (SSSR count). The van der Waals surface area contributed by atoms with E-state index in [1.807, 2.05) is 24.3 Å². The van der Waals surface area contributed by atoms with Crippen LogP contribution in [0.2, 0.25) is 5.02 Å². The highest BCUT2D eigenvalue weighted by Gasteiger charge is 2.37. The van der Waals surface area contributed by atoms with Gasteiger partial charge in [-0.25, -0.2) is 13.1 Å². The van der Waals surface area contributed by atoms with Crippen LogP contribution < -0.4 is 14.4 Å². The number of hydrogen-bond acceptors (Lipinski definition) is 6. The van der Waals surface area contributed by atoms with Crippen molar-refractivity contribution in [3.8, 4) is 5.75 Å². The highest BCUT2D eigenvalue weighted by Crippen LogP contribution is 2.41. The van der Waals surface area contributed by atoms with Gasteiger partial charge in [-0.15, -0.1) is 0 Å². The molecular formula is C29H35ClN2O5S. The summed E-state index contributed by atoms with van der Waals surface area (Å²) in [5.41, 5.74) is 3.30. The van der Waals surface area contributed by atoms with Crippen LogP contribution in [0, 0.1) is 11.8 Å². The predicted molar refractivity (Wildman–Crippen MR) is 149 cm³/mol. The van der Waals surface area contributed by atoms with Crippen LogP contribution in [-0.2, 0) is 23.1 Å². The number of nitrogens with zero attached hydrogens (tertiary/aromatic N) is 1. The minimum absolute atomic E-state index is 0.191. The van der Waals surface area contributed by atoms with Gasteiger partial charge >= 0.3 is 0 Å². The van der Waals surface area contributed by atoms with Crippen LogP contribution >= 0.6 is 11.6 Å². The summed E-state index contributed by atoms with van der Waals surface area (Å²) in [6.45, 7) is 1.86. The van der Waals surface area contributed by atoms with Crippen molar-refractivity contribution >= 4 is 33.2 Å². The van der Waals surface area contributed by atoms with Gasteiger partial charge in [0.2, 0.25) is 10.0 Å². The Balaban J connectivity index is 1.52. The molecule has 1 fully saturated rings. The van der Waals surface area contributed by atoms with Crippen LogP contribution in [0.3, 0.4) is 0 Å². The molecular weight excluding hydrogens is 524 g/mol. The lowest BCUT2D eigenvalue weighted by Crippen LogP contribution is -2.43. The Morgan fingerprint density at radius 1 is 1.05 bits per heavy atom. The van der Waals surface area contributed by atoms with Crippen LogP contribution in [0.5, 0.6) is 5.75 Å². The van der Waals surface area contributed by atoms with E-state index in [9.17, 15) is 18.3 Å². The van der Waals surface area contributed by atoms with E-state index in [0.29, 0.717) is 29.7 Å². The summed E-state index contributed by atoms with van der Waals surface area (Å²) in [5.74, 6) is 0.332. The molecule has 2 heterocycles. The second kappa shape index (κ2) is 11.7. The number of nitrogens with one attached hydrogen (secondary N) is 1. The number of sulfonamides is 1. The third-order valence-corrected chi connectivity index (χ3v) is 9.51. The van der Waals surface area contributed by atoms with Crippen LogP contribution in [0.1, 0.15) is 60.0 Å². The van der Waals surface area contributed by atoms with Crippen LogP contribution in [0.4, 0.5) is 5.69 Å². The first-order valence-corrected chi connectivity index (χ1v) is 15.5. The molecule has 1 amide bonds. The lowest BCUT2D eigenvalue weighted by atomic mass is 9.69. The zero-order valence-corrected chi connectivity index (χ0v) is 23.0. The minimum atomic E-state index is -3.80. The number of aryl methyl sites for hydroxylation is 1. The number of halogens is 1. The fraction of sp³-hybridized carbons (Fsp3) is 0.483. The number of carbonyl (C=O) groups is 1. The average molecular weight is 559 g/mol. The van der Waals surface area contributed by atoms with Crippen LogP contribution in [0.25, 0.3) is 0 Å². The highest BCUT2D eigenvalue weighted by molar-refractivity contribution is 7.90. The van der Waals surface area contributed by atoms with Crippen LogP contribution in [-0.4, -0.2) is 44.4 Å². The van der Waals surface area contributed by atoms with E-state index in [2.05, 4.69) is 9.62 Å². The first kappa shape index (κ1) is 27.0. The molecule has 38 heavy (non-hydrogen) atoms. The average Bonchev–Trinajstić information content (AvgIpc) is 2.88. The Morgan fingerprint density at radius 3 is 2.74 bits per heavy atom. The van der Waals surface area contributed by atoms with E-state index < -0.39 is 22.0 Å². The van der Waals surface area contributed by atoms with Gasteiger partial charge in [-0.1, -0.05) is 29.8 Å². The zero-order chi connectivity index (χ0) is 26.7. The van der Waals surface area contributed by atoms with Gasteiger partial charge in [0.1, 0.15) is 12.4 Å². The number of allylic oxidation sites excluding steroid dienone is 1.